The monoisotopic (exact) mass is 385 g/mol. The summed E-state index contributed by atoms with van der Waals surface area (Å²) in [6.45, 7) is 10.6. The highest BCUT2D eigenvalue weighted by Crippen LogP contribution is 2.38. The van der Waals surface area contributed by atoms with Crippen LogP contribution in [0.1, 0.15) is 39.2 Å². The van der Waals surface area contributed by atoms with Crippen LogP contribution in [0.3, 0.4) is 0 Å². The zero-order chi connectivity index (χ0) is 20.3. The highest BCUT2D eigenvalue weighted by molar-refractivity contribution is 5.93. The molecule has 0 unspecified atom stereocenters. The van der Waals surface area contributed by atoms with Gasteiger partial charge >= 0.3 is 6.09 Å². The van der Waals surface area contributed by atoms with E-state index < -0.39 is 6.09 Å². The molecule has 0 radical (unpaired) electrons. The van der Waals surface area contributed by atoms with Crippen LogP contribution < -0.4 is 0 Å². The van der Waals surface area contributed by atoms with Crippen molar-refractivity contribution in [3.8, 4) is 0 Å². The van der Waals surface area contributed by atoms with Crippen molar-refractivity contribution in [3.05, 3.63) is 48.6 Å². The first-order valence-electron chi connectivity index (χ1n) is 10.2. The zero-order valence-electron chi connectivity index (χ0n) is 17.0. The van der Waals surface area contributed by atoms with E-state index in [0.717, 1.165) is 12.0 Å². The maximum atomic E-state index is 13.0. The molecule has 6 atom stereocenters. The van der Waals surface area contributed by atoms with Gasteiger partial charge in [0.1, 0.15) is 6.61 Å². The van der Waals surface area contributed by atoms with Crippen LogP contribution in [-0.4, -0.2) is 41.8 Å². The summed E-state index contributed by atoms with van der Waals surface area (Å²) in [5.41, 5.74) is 1.08. The first kappa shape index (κ1) is 20.6. The standard InChI is InChI=1S/C23H31NO4/c1-5-9-20-16(3)15(2)17(4)21(28-20)13-22(25)24-19(14-27-23(24)26)12-18-10-7-6-8-11-18/h5-8,10-11,15-17,19-21H,1,9,12-14H2,2-4H3/t15-,16+,17+,19+,20+,21+/m1/s1. The third-order valence-electron chi connectivity index (χ3n) is 6.50. The van der Waals surface area contributed by atoms with Crippen molar-refractivity contribution in [3.63, 3.8) is 0 Å². The van der Waals surface area contributed by atoms with Gasteiger partial charge in [0.2, 0.25) is 5.91 Å². The molecule has 0 spiro atoms. The van der Waals surface area contributed by atoms with Crippen LogP contribution in [0, 0.1) is 17.8 Å². The number of imide groups is 1. The summed E-state index contributed by atoms with van der Waals surface area (Å²) in [5, 5.41) is 0. The summed E-state index contributed by atoms with van der Waals surface area (Å²) in [7, 11) is 0. The fraction of sp³-hybridized carbons (Fsp3) is 0.565. The molecule has 1 aromatic carbocycles. The van der Waals surface area contributed by atoms with Crippen molar-refractivity contribution < 1.29 is 19.1 Å². The van der Waals surface area contributed by atoms with E-state index in [9.17, 15) is 9.59 Å². The van der Waals surface area contributed by atoms with Crippen molar-refractivity contribution in [2.75, 3.05) is 6.61 Å². The molecule has 2 fully saturated rings. The number of amides is 2. The number of hydrogen-bond acceptors (Lipinski definition) is 4. The second-order valence-electron chi connectivity index (χ2n) is 8.20. The third-order valence-corrected chi connectivity index (χ3v) is 6.50. The Morgan fingerprint density at radius 1 is 1.14 bits per heavy atom. The number of carbonyl (C=O) groups is 2. The molecule has 2 amide bonds. The third kappa shape index (κ3) is 4.30. The summed E-state index contributed by atoms with van der Waals surface area (Å²) < 4.78 is 11.5. The van der Waals surface area contributed by atoms with E-state index in [1.54, 1.807) is 0 Å². The van der Waals surface area contributed by atoms with Gasteiger partial charge in [0.25, 0.3) is 0 Å². The van der Waals surface area contributed by atoms with Crippen LogP contribution >= 0.6 is 0 Å². The molecule has 0 aliphatic carbocycles. The van der Waals surface area contributed by atoms with Gasteiger partial charge in [-0.15, -0.1) is 6.58 Å². The Kier molecular flexibility index (Phi) is 6.55. The molecule has 1 aromatic rings. The molecule has 0 N–H and O–H groups in total. The van der Waals surface area contributed by atoms with E-state index in [1.807, 2.05) is 36.4 Å². The van der Waals surface area contributed by atoms with Gasteiger partial charge in [-0.1, -0.05) is 57.2 Å². The molecule has 5 nitrogen and oxygen atoms in total. The normalized spacial score (nSPS) is 32.8. The molecular formula is C23H31NO4. The summed E-state index contributed by atoms with van der Waals surface area (Å²) in [5.74, 6) is 0.870. The lowest BCUT2D eigenvalue weighted by Crippen LogP contribution is -2.48. The van der Waals surface area contributed by atoms with Crippen molar-refractivity contribution in [1.29, 1.82) is 0 Å². The predicted molar refractivity (Wildman–Crippen MR) is 108 cm³/mol. The predicted octanol–water partition coefficient (Wildman–Crippen LogP) is 4.22. The minimum atomic E-state index is -0.543. The van der Waals surface area contributed by atoms with Crippen molar-refractivity contribution >= 4 is 12.0 Å². The molecule has 0 saturated carbocycles. The molecule has 5 heteroatoms. The zero-order valence-corrected chi connectivity index (χ0v) is 17.0. The SMILES string of the molecule is C=CC[C@@H]1O[C@@H](CC(=O)N2C(=O)OC[C@@H]2Cc2ccccc2)[C@@H](C)[C@H](C)[C@@H]1C. The number of rotatable bonds is 6. The van der Waals surface area contributed by atoms with Gasteiger partial charge in [-0.05, 0) is 36.2 Å². The topological polar surface area (TPSA) is 55.8 Å². The first-order valence-corrected chi connectivity index (χ1v) is 10.2. The largest absolute Gasteiger partial charge is 0.447 e. The van der Waals surface area contributed by atoms with Gasteiger partial charge in [-0.2, -0.15) is 0 Å². The Morgan fingerprint density at radius 3 is 2.50 bits per heavy atom. The summed E-state index contributed by atoms with van der Waals surface area (Å²) in [6.07, 6.45) is 2.76. The summed E-state index contributed by atoms with van der Waals surface area (Å²) in [6, 6.07) is 9.60. The number of carbonyl (C=O) groups excluding carboxylic acids is 2. The highest BCUT2D eigenvalue weighted by Gasteiger charge is 2.43. The quantitative estimate of drug-likeness (QED) is 0.688. The Hall–Kier alpha value is -2.14. The smallest absolute Gasteiger partial charge is 0.416 e. The lowest BCUT2D eigenvalue weighted by Gasteiger charge is -2.43. The molecule has 28 heavy (non-hydrogen) atoms. The lowest BCUT2D eigenvalue weighted by molar-refractivity contribution is -0.151. The highest BCUT2D eigenvalue weighted by atomic mass is 16.6. The molecule has 2 heterocycles. The molecule has 0 aromatic heterocycles. The van der Waals surface area contributed by atoms with E-state index >= 15 is 0 Å². The molecular weight excluding hydrogens is 354 g/mol. The average molecular weight is 386 g/mol. The van der Waals surface area contributed by atoms with E-state index in [1.165, 1.54) is 4.90 Å². The van der Waals surface area contributed by atoms with Crippen molar-refractivity contribution in [1.82, 2.24) is 4.90 Å². The van der Waals surface area contributed by atoms with Crippen LogP contribution in [0.2, 0.25) is 0 Å². The van der Waals surface area contributed by atoms with E-state index in [-0.39, 0.29) is 43.1 Å². The van der Waals surface area contributed by atoms with Crippen molar-refractivity contribution in [2.45, 2.75) is 58.3 Å². The molecule has 2 saturated heterocycles. The van der Waals surface area contributed by atoms with Crippen LogP contribution in [0.15, 0.2) is 43.0 Å². The first-order chi connectivity index (χ1) is 13.4. The minimum absolute atomic E-state index is 0.0622. The second-order valence-corrected chi connectivity index (χ2v) is 8.20. The van der Waals surface area contributed by atoms with Gasteiger partial charge in [-0.3, -0.25) is 4.79 Å². The molecule has 0 bridgehead atoms. The minimum Gasteiger partial charge on any atom is -0.447 e. The van der Waals surface area contributed by atoms with E-state index in [0.29, 0.717) is 18.3 Å². The maximum Gasteiger partial charge on any atom is 0.416 e. The molecule has 152 valence electrons. The number of hydrogen-bond donors (Lipinski definition) is 0. The van der Waals surface area contributed by atoms with Gasteiger partial charge in [0.15, 0.2) is 0 Å². The Morgan fingerprint density at radius 2 is 1.82 bits per heavy atom. The number of cyclic esters (lactones) is 1. The van der Waals surface area contributed by atoms with Crippen LogP contribution in [0.5, 0.6) is 0 Å². The Balaban J connectivity index is 1.69. The number of ether oxygens (including phenoxy) is 2. The number of nitrogens with zero attached hydrogens (tertiary/aromatic N) is 1. The summed E-state index contributed by atoms with van der Waals surface area (Å²) >= 11 is 0. The van der Waals surface area contributed by atoms with Crippen molar-refractivity contribution in [2.24, 2.45) is 17.8 Å². The molecule has 3 rings (SSSR count). The number of benzene rings is 1. The Labute approximate surface area is 167 Å². The summed E-state index contributed by atoms with van der Waals surface area (Å²) in [4.78, 5) is 26.6. The lowest BCUT2D eigenvalue weighted by atomic mass is 9.75. The Bertz CT molecular complexity index is 704. The van der Waals surface area contributed by atoms with Gasteiger partial charge in [0, 0.05) is 0 Å². The maximum absolute atomic E-state index is 13.0. The van der Waals surface area contributed by atoms with E-state index in [4.69, 9.17) is 9.47 Å². The van der Waals surface area contributed by atoms with Crippen LogP contribution in [0.25, 0.3) is 0 Å². The average Bonchev–Trinajstić information content (AvgIpc) is 3.05. The van der Waals surface area contributed by atoms with Gasteiger partial charge in [-0.25, -0.2) is 9.69 Å². The van der Waals surface area contributed by atoms with E-state index in [2.05, 4.69) is 27.4 Å². The fourth-order valence-corrected chi connectivity index (χ4v) is 4.37. The molecule has 2 aliphatic heterocycles. The van der Waals surface area contributed by atoms with Crippen LogP contribution in [-0.2, 0) is 20.7 Å². The fourth-order valence-electron chi connectivity index (χ4n) is 4.37. The van der Waals surface area contributed by atoms with Gasteiger partial charge < -0.3 is 9.47 Å². The second kappa shape index (κ2) is 8.91. The van der Waals surface area contributed by atoms with Gasteiger partial charge in [0.05, 0.1) is 24.7 Å². The molecule has 2 aliphatic rings. The van der Waals surface area contributed by atoms with Crippen LogP contribution in [0.4, 0.5) is 4.79 Å².